The lowest BCUT2D eigenvalue weighted by Crippen LogP contribution is -2.00. The van der Waals surface area contributed by atoms with Gasteiger partial charge in [0.15, 0.2) is 0 Å². The monoisotopic (exact) mass is 125 g/mol. The minimum absolute atomic E-state index is 0.850. The molecule has 0 bridgehead atoms. The van der Waals surface area contributed by atoms with Crippen molar-refractivity contribution in [1.29, 1.82) is 0 Å². The molecule has 0 amide bonds. The summed E-state index contributed by atoms with van der Waals surface area (Å²) in [5.41, 5.74) is 0. The highest BCUT2D eigenvalue weighted by Crippen LogP contribution is 2.11. The van der Waals surface area contributed by atoms with E-state index in [1.165, 1.54) is 5.25 Å². The first-order valence-electron chi connectivity index (χ1n) is 1.27. The van der Waals surface area contributed by atoms with Crippen LogP contribution in [0.25, 0.3) is 0 Å². The molecule has 0 fully saturated rings. The Labute approximate surface area is 44.1 Å². The van der Waals surface area contributed by atoms with Gasteiger partial charge in [0.1, 0.15) is 0 Å². The van der Waals surface area contributed by atoms with E-state index in [1.54, 1.807) is 0 Å². The van der Waals surface area contributed by atoms with Crippen LogP contribution in [0.4, 0.5) is 13.2 Å². The third kappa shape index (κ3) is 5.57. The smallest absolute Gasteiger partial charge is 0.159 e. The zero-order valence-electron chi connectivity index (χ0n) is 3.04. The SMILES string of the molecule is FC(F)(F)C#C[S]. The fraction of sp³-hybridized carbons (Fsp3) is 0.333. The van der Waals surface area contributed by atoms with Crippen LogP contribution in [0.15, 0.2) is 0 Å². The van der Waals surface area contributed by atoms with Crippen LogP contribution >= 0.6 is 12.6 Å². The van der Waals surface area contributed by atoms with Crippen molar-refractivity contribution in [1.82, 2.24) is 0 Å². The number of halogens is 3. The van der Waals surface area contributed by atoms with Gasteiger partial charge < -0.3 is 0 Å². The standard InChI is InChI=1S/C3F3S/c4-3(5,6)1-2-7. The molecule has 0 aromatic heterocycles. The fourth-order valence-corrected chi connectivity index (χ4v) is 0.174. The van der Waals surface area contributed by atoms with Crippen LogP contribution in [-0.2, 0) is 0 Å². The Morgan fingerprint density at radius 3 is 1.71 bits per heavy atom. The maximum Gasteiger partial charge on any atom is 0.458 e. The van der Waals surface area contributed by atoms with Crippen LogP contribution in [0.5, 0.6) is 0 Å². The van der Waals surface area contributed by atoms with Crippen molar-refractivity contribution in [2.45, 2.75) is 6.18 Å². The molecule has 0 aliphatic carbocycles. The Balaban J connectivity index is 3.72. The molecule has 0 rings (SSSR count). The Morgan fingerprint density at radius 1 is 1.29 bits per heavy atom. The minimum atomic E-state index is -4.41. The van der Waals surface area contributed by atoms with E-state index in [-0.39, 0.29) is 0 Å². The van der Waals surface area contributed by atoms with E-state index in [4.69, 9.17) is 0 Å². The van der Waals surface area contributed by atoms with Gasteiger partial charge in [0, 0.05) is 11.2 Å². The van der Waals surface area contributed by atoms with Crippen LogP contribution in [0.1, 0.15) is 0 Å². The van der Waals surface area contributed by atoms with Crippen LogP contribution in [-0.4, -0.2) is 6.18 Å². The summed E-state index contributed by atoms with van der Waals surface area (Å²) in [4.78, 5) is 0. The molecule has 0 atom stereocenters. The number of hydrogen-bond acceptors (Lipinski definition) is 0. The summed E-state index contributed by atoms with van der Waals surface area (Å²) in [6, 6.07) is 0. The summed E-state index contributed by atoms with van der Waals surface area (Å²) in [5, 5.41) is 1.32. The summed E-state index contributed by atoms with van der Waals surface area (Å²) < 4.78 is 32.4. The second-order valence-corrected chi connectivity index (χ2v) is 0.929. The van der Waals surface area contributed by atoms with Gasteiger partial charge in [-0.1, -0.05) is 0 Å². The highest BCUT2D eigenvalue weighted by Gasteiger charge is 2.22. The van der Waals surface area contributed by atoms with Crippen molar-refractivity contribution in [2.24, 2.45) is 0 Å². The molecule has 0 aromatic rings. The van der Waals surface area contributed by atoms with Crippen molar-refractivity contribution >= 4 is 12.6 Å². The molecular formula is C3F3S. The Morgan fingerprint density at radius 2 is 1.71 bits per heavy atom. The van der Waals surface area contributed by atoms with Gasteiger partial charge in [-0.15, -0.1) is 0 Å². The predicted molar refractivity (Wildman–Crippen MR) is 21.4 cm³/mol. The van der Waals surface area contributed by atoms with Gasteiger partial charge in [-0.25, -0.2) is 0 Å². The van der Waals surface area contributed by atoms with E-state index in [9.17, 15) is 13.2 Å². The molecule has 1 radical (unpaired) electrons. The normalized spacial score (nSPS) is 9.57. The van der Waals surface area contributed by atoms with Crippen LogP contribution in [0, 0.1) is 11.2 Å². The van der Waals surface area contributed by atoms with Crippen molar-refractivity contribution in [3.63, 3.8) is 0 Å². The van der Waals surface area contributed by atoms with Crippen molar-refractivity contribution in [2.75, 3.05) is 0 Å². The first-order valence-corrected chi connectivity index (χ1v) is 1.68. The first kappa shape index (κ1) is 6.57. The molecule has 0 spiro atoms. The second-order valence-electron chi connectivity index (χ2n) is 0.725. The zero-order valence-corrected chi connectivity index (χ0v) is 3.86. The van der Waals surface area contributed by atoms with E-state index in [2.05, 4.69) is 12.6 Å². The predicted octanol–water partition coefficient (Wildman–Crippen LogP) is 1.71. The Kier molecular flexibility index (Phi) is 1.91. The molecule has 0 saturated heterocycles. The van der Waals surface area contributed by atoms with Crippen molar-refractivity contribution < 1.29 is 13.2 Å². The topological polar surface area (TPSA) is 0 Å². The van der Waals surface area contributed by atoms with Gasteiger partial charge in [-0.2, -0.15) is 13.2 Å². The maximum atomic E-state index is 10.8. The first-order chi connectivity index (χ1) is 3.06. The molecule has 0 unspecified atom stereocenters. The van der Waals surface area contributed by atoms with Gasteiger partial charge >= 0.3 is 6.18 Å². The summed E-state index contributed by atoms with van der Waals surface area (Å²) in [5.74, 6) is 0.850. The molecule has 39 valence electrons. The Bertz CT molecular complexity index is 104. The molecule has 0 nitrogen and oxygen atoms in total. The third-order valence-corrected chi connectivity index (χ3v) is 0.295. The molecular weight excluding hydrogens is 125 g/mol. The Hall–Kier alpha value is -0.430. The average Bonchev–Trinajstić information content (AvgIpc) is 1.30. The summed E-state index contributed by atoms with van der Waals surface area (Å²) in [6.45, 7) is 0. The fourth-order valence-electron chi connectivity index (χ4n) is 0.0579. The molecule has 4 heteroatoms. The lowest BCUT2D eigenvalue weighted by molar-refractivity contribution is -0.0695. The van der Waals surface area contributed by atoms with Gasteiger partial charge in [0.05, 0.1) is 0 Å². The average molecular weight is 125 g/mol. The summed E-state index contributed by atoms with van der Waals surface area (Å²) >= 11 is 3.72. The van der Waals surface area contributed by atoms with Gasteiger partial charge in [0.2, 0.25) is 0 Å². The van der Waals surface area contributed by atoms with E-state index < -0.39 is 6.18 Å². The number of rotatable bonds is 0. The van der Waals surface area contributed by atoms with Crippen molar-refractivity contribution in [3.8, 4) is 11.2 Å². The lowest BCUT2D eigenvalue weighted by Gasteiger charge is -1.88. The molecule has 0 heterocycles. The van der Waals surface area contributed by atoms with Crippen molar-refractivity contribution in [3.05, 3.63) is 0 Å². The van der Waals surface area contributed by atoms with Crippen LogP contribution in [0.2, 0.25) is 0 Å². The van der Waals surface area contributed by atoms with E-state index in [1.807, 2.05) is 0 Å². The molecule has 7 heavy (non-hydrogen) atoms. The van der Waals surface area contributed by atoms with E-state index in [0.717, 1.165) is 5.92 Å². The third-order valence-electron chi connectivity index (χ3n) is 0.193. The quantitative estimate of drug-likeness (QED) is 0.432. The second kappa shape index (κ2) is 2.03. The number of hydrogen-bond donors (Lipinski definition) is 0. The molecule has 0 aliphatic heterocycles. The largest absolute Gasteiger partial charge is 0.458 e. The van der Waals surface area contributed by atoms with Gasteiger partial charge in [-0.3, -0.25) is 0 Å². The van der Waals surface area contributed by atoms with Gasteiger partial charge in [-0.05, 0) is 12.6 Å². The molecule has 0 N–H and O–H groups in total. The van der Waals surface area contributed by atoms with Crippen LogP contribution < -0.4 is 0 Å². The van der Waals surface area contributed by atoms with E-state index in [0.29, 0.717) is 0 Å². The highest BCUT2D eigenvalue weighted by molar-refractivity contribution is 7.85. The van der Waals surface area contributed by atoms with Gasteiger partial charge in [0.25, 0.3) is 0 Å². The highest BCUT2D eigenvalue weighted by atomic mass is 32.1. The molecule has 0 saturated carbocycles. The summed E-state index contributed by atoms with van der Waals surface area (Å²) in [6.07, 6.45) is -4.41. The number of alkyl halides is 3. The molecule has 0 aromatic carbocycles. The lowest BCUT2D eigenvalue weighted by atomic mass is 10.7. The van der Waals surface area contributed by atoms with E-state index >= 15 is 0 Å². The summed E-state index contributed by atoms with van der Waals surface area (Å²) in [7, 11) is 0. The van der Waals surface area contributed by atoms with Crippen LogP contribution in [0.3, 0.4) is 0 Å². The zero-order chi connectivity index (χ0) is 5.91. The minimum Gasteiger partial charge on any atom is -0.159 e. The maximum absolute atomic E-state index is 10.8. The molecule has 0 aliphatic rings.